The van der Waals surface area contributed by atoms with Gasteiger partial charge in [-0.2, -0.15) is 0 Å². The maximum absolute atomic E-state index is 14.8. The Morgan fingerprint density at radius 2 is 1.89 bits per heavy atom. The largest absolute Gasteiger partial charge is 0.385 e. The molecular weight excluding hydrogens is 365 g/mol. The van der Waals surface area contributed by atoms with Gasteiger partial charge in [-0.15, -0.1) is 0 Å². The summed E-state index contributed by atoms with van der Waals surface area (Å²) in [7, 11) is 1.66. The van der Waals surface area contributed by atoms with E-state index in [4.69, 9.17) is 9.47 Å². The Balaban J connectivity index is 1.76. The fourth-order valence-corrected chi connectivity index (χ4v) is 3.83. The minimum absolute atomic E-state index is 0.0265. The van der Waals surface area contributed by atoms with Crippen molar-refractivity contribution in [2.24, 2.45) is 0 Å². The van der Waals surface area contributed by atoms with E-state index in [-0.39, 0.29) is 17.6 Å². The van der Waals surface area contributed by atoms with Crippen LogP contribution in [0.15, 0.2) is 30.3 Å². The molecule has 3 rings (SSSR count). The molecule has 1 fully saturated rings. The lowest BCUT2D eigenvalue weighted by atomic mass is 9.89. The lowest BCUT2D eigenvalue weighted by Gasteiger charge is -2.29. The van der Waals surface area contributed by atoms with E-state index < -0.39 is 17.5 Å². The van der Waals surface area contributed by atoms with Gasteiger partial charge in [-0.25, -0.2) is 13.2 Å². The highest BCUT2D eigenvalue weighted by molar-refractivity contribution is 5.65. The molecule has 2 nitrogen and oxygen atoms in total. The van der Waals surface area contributed by atoms with Gasteiger partial charge in [0.05, 0.1) is 12.7 Å². The summed E-state index contributed by atoms with van der Waals surface area (Å²) < 4.78 is 54.4. The molecule has 0 bridgehead atoms. The van der Waals surface area contributed by atoms with Gasteiger partial charge in [0.1, 0.15) is 5.82 Å². The standard InChI is InChI=1S/C23H27F3O2/c1-3-4-15-6-10-20(23(26)22(15)25)16-7-9-19(21(24)13-16)17-5-8-18(28-14-17)11-12-27-2/h6-7,9-10,13,17-18H,3-5,8,11-12,14H2,1-2H3. The summed E-state index contributed by atoms with van der Waals surface area (Å²) in [6, 6.07) is 7.74. The van der Waals surface area contributed by atoms with Crippen LogP contribution >= 0.6 is 0 Å². The Morgan fingerprint density at radius 1 is 1.07 bits per heavy atom. The predicted molar refractivity (Wildman–Crippen MR) is 104 cm³/mol. The fraction of sp³-hybridized carbons (Fsp3) is 0.478. The number of rotatable bonds is 7. The smallest absolute Gasteiger partial charge is 0.166 e. The van der Waals surface area contributed by atoms with Gasteiger partial charge >= 0.3 is 0 Å². The molecule has 0 saturated carbocycles. The monoisotopic (exact) mass is 392 g/mol. The average molecular weight is 392 g/mol. The number of hydrogen-bond donors (Lipinski definition) is 0. The minimum Gasteiger partial charge on any atom is -0.385 e. The first-order chi connectivity index (χ1) is 13.5. The third kappa shape index (κ3) is 4.58. The molecule has 1 aliphatic heterocycles. The summed E-state index contributed by atoms with van der Waals surface area (Å²) in [5.74, 6) is -2.19. The van der Waals surface area contributed by atoms with Crippen molar-refractivity contribution in [3.8, 4) is 11.1 Å². The van der Waals surface area contributed by atoms with Gasteiger partial charge in [0.15, 0.2) is 11.6 Å². The second-order valence-corrected chi connectivity index (χ2v) is 7.40. The number of hydrogen-bond acceptors (Lipinski definition) is 2. The van der Waals surface area contributed by atoms with E-state index in [1.165, 1.54) is 12.1 Å². The fourth-order valence-electron chi connectivity index (χ4n) is 3.83. The van der Waals surface area contributed by atoms with E-state index in [1.54, 1.807) is 25.3 Å². The van der Waals surface area contributed by atoms with Gasteiger partial charge < -0.3 is 9.47 Å². The summed E-state index contributed by atoms with van der Waals surface area (Å²) >= 11 is 0. The Labute approximate surface area is 164 Å². The highest BCUT2D eigenvalue weighted by Crippen LogP contribution is 2.34. The summed E-state index contributed by atoms with van der Waals surface area (Å²) in [5.41, 5.74) is 1.35. The number of aryl methyl sites for hydroxylation is 1. The molecule has 0 spiro atoms. The van der Waals surface area contributed by atoms with E-state index in [2.05, 4.69) is 0 Å². The maximum Gasteiger partial charge on any atom is 0.166 e. The van der Waals surface area contributed by atoms with Gasteiger partial charge in [-0.3, -0.25) is 0 Å². The summed E-state index contributed by atoms with van der Waals surface area (Å²) in [4.78, 5) is 0. The van der Waals surface area contributed by atoms with Crippen LogP contribution in [0.1, 0.15) is 49.7 Å². The first-order valence-electron chi connectivity index (χ1n) is 9.92. The third-order valence-corrected chi connectivity index (χ3v) is 5.45. The molecule has 2 atom stereocenters. The summed E-state index contributed by atoms with van der Waals surface area (Å²) in [5, 5.41) is 0. The Bertz CT molecular complexity index is 799. The first kappa shape index (κ1) is 20.9. The van der Waals surface area contributed by atoms with Crippen LogP contribution in [0, 0.1) is 17.5 Å². The molecule has 152 valence electrons. The molecular formula is C23H27F3O2. The summed E-state index contributed by atoms with van der Waals surface area (Å²) in [6.45, 7) is 3.02. The van der Waals surface area contributed by atoms with Gasteiger partial charge in [-0.05, 0) is 48.4 Å². The topological polar surface area (TPSA) is 18.5 Å². The van der Waals surface area contributed by atoms with Crippen molar-refractivity contribution in [1.82, 2.24) is 0 Å². The van der Waals surface area contributed by atoms with Crippen molar-refractivity contribution in [2.75, 3.05) is 20.3 Å². The van der Waals surface area contributed by atoms with Gasteiger partial charge in [0.2, 0.25) is 0 Å². The van der Waals surface area contributed by atoms with Crippen LogP contribution in [0.5, 0.6) is 0 Å². The van der Waals surface area contributed by atoms with Crippen molar-refractivity contribution in [3.63, 3.8) is 0 Å². The second-order valence-electron chi connectivity index (χ2n) is 7.40. The van der Waals surface area contributed by atoms with Crippen LogP contribution in [0.25, 0.3) is 11.1 Å². The zero-order valence-electron chi connectivity index (χ0n) is 16.4. The minimum atomic E-state index is -0.917. The van der Waals surface area contributed by atoms with Crippen molar-refractivity contribution < 1.29 is 22.6 Å². The van der Waals surface area contributed by atoms with Crippen molar-refractivity contribution in [3.05, 3.63) is 58.9 Å². The van der Waals surface area contributed by atoms with Crippen molar-refractivity contribution in [1.29, 1.82) is 0 Å². The lowest BCUT2D eigenvalue weighted by Crippen LogP contribution is -2.26. The van der Waals surface area contributed by atoms with Crippen LogP contribution in [0.2, 0.25) is 0 Å². The van der Waals surface area contributed by atoms with Crippen molar-refractivity contribution >= 4 is 0 Å². The molecule has 2 aromatic carbocycles. The number of halogens is 3. The first-order valence-corrected chi connectivity index (χ1v) is 9.92. The lowest BCUT2D eigenvalue weighted by molar-refractivity contribution is -0.0133. The molecule has 0 radical (unpaired) electrons. The SMILES string of the molecule is CCCc1ccc(-c2ccc(C3CCC(CCOC)OC3)c(F)c2)c(F)c1F. The van der Waals surface area contributed by atoms with E-state index in [0.717, 1.165) is 25.7 Å². The van der Waals surface area contributed by atoms with Gasteiger partial charge in [0, 0.05) is 25.2 Å². The van der Waals surface area contributed by atoms with Crippen LogP contribution in [0.3, 0.4) is 0 Å². The van der Waals surface area contributed by atoms with E-state index in [1.807, 2.05) is 6.92 Å². The highest BCUT2D eigenvalue weighted by atomic mass is 19.2. The van der Waals surface area contributed by atoms with E-state index in [0.29, 0.717) is 36.3 Å². The van der Waals surface area contributed by atoms with Gasteiger partial charge in [0.25, 0.3) is 0 Å². The molecule has 0 N–H and O–H groups in total. The van der Waals surface area contributed by atoms with Crippen LogP contribution in [-0.2, 0) is 15.9 Å². The quantitative estimate of drug-likeness (QED) is 0.573. The van der Waals surface area contributed by atoms with E-state index >= 15 is 0 Å². The Hall–Kier alpha value is -1.85. The highest BCUT2D eigenvalue weighted by Gasteiger charge is 2.25. The zero-order valence-corrected chi connectivity index (χ0v) is 16.4. The Kier molecular flexibility index (Phi) is 7.13. The average Bonchev–Trinajstić information content (AvgIpc) is 2.70. The molecule has 28 heavy (non-hydrogen) atoms. The van der Waals surface area contributed by atoms with Crippen LogP contribution in [-0.4, -0.2) is 26.4 Å². The summed E-state index contributed by atoms with van der Waals surface area (Å²) in [6.07, 6.45) is 3.88. The molecule has 1 heterocycles. The van der Waals surface area contributed by atoms with Gasteiger partial charge in [-0.1, -0.05) is 37.6 Å². The number of benzene rings is 2. The molecule has 2 aromatic rings. The predicted octanol–water partition coefficient (Wildman–Crippen LogP) is 6.02. The molecule has 0 aliphatic carbocycles. The normalized spacial score (nSPS) is 19.8. The molecule has 5 heteroatoms. The molecule has 0 aromatic heterocycles. The van der Waals surface area contributed by atoms with E-state index in [9.17, 15) is 13.2 Å². The third-order valence-electron chi connectivity index (χ3n) is 5.45. The van der Waals surface area contributed by atoms with Crippen molar-refractivity contribution in [2.45, 2.75) is 51.0 Å². The number of methoxy groups -OCH3 is 1. The zero-order chi connectivity index (χ0) is 20.1. The molecule has 0 amide bonds. The molecule has 1 saturated heterocycles. The maximum atomic E-state index is 14.8. The molecule has 2 unspecified atom stereocenters. The Morgan fingerprint density at radius 3 is 2.54 bits per heavy atom. The molecule has 1 aliphatic rings. The van der Waals surface area contributed by atoms with Crippen LogP contribution in [0.4, 0.5) is 13.2 Å². The second kappa shape index (κ2) is 9.57. The van der Waals surface area contributed by atoms with Crippen LogP contribution < -0.4 is 0 Å². The number of ether oxygens (including phenoxy) is 2.